The Morgan fingerprint density at radius 3 is 2.60 bits per heavy atom. The second-order valence-electron chi connectivity index (χ2n) is 7.23. The van der Waals surface area contributed by atoms with Crippen molar-refractivity contribution < 1.29 is 19.4 Å². The molecule has 5 nitrogen and oxygen atoms in total. The summed E-state index contributed by atoms with van der Waals surface area (Å²) in [5.41, 5.74) is 1.04. The molecule has 1 aromatic carbocycles. The molecule has 0 aromatic heterocycles. The maximum Gasteiger partial charge on any atom is 0.197 e. The van der Waals surface area contributed by atoms with Crippen LogP contribution in [0.25, 0.3) is 0 Å². The van der Waals surface area contributed by atoms with Gasteiger partial charge in [-0.1, -0.05) is 19.9 Å². The Bertz CT molecular complexity index is 741. The summed E-state index contributed by atoms with van der Waals surface area (Å²) in [5.74, 6) is 1.000. The number of methoxy groups -OCH3 is 2. The molecule has 5 heteroatoms. The van der Waals surface area contributed by atoms with E-state index in [0.29, 0.717) is 17.9 Å². The molecule has 1 aromatic rings. The molecule has 3 atom stereocenters. The van der Waals surface area contributed by atoms with E-state index >= 15 is 0 Å². The van der Waals surface area contributed by atoms with E-state index in [1.54, 1.807) is 13.2 Å². The highest BCUT2D eigenvalue weighted by Gasteiger charge is 2.59. The van der Waals surface area contributed by atoms with Crippen molar-refractivity contribution in [1.29, 1.82) is 0 Å². The number of carbonyl (C=O) groups excluding carboxylic acids is 1. The maximum atomic E-state index is 12.7. The first-order valence-electron chi connectivity index (χ1n) is 8.75. The zero-order valence-corrected chi connectivity index (χ0v) is 15.6. The molecule has 0 aliphatic heterocycles. The van der Waals surface area contributed by atoms with Crippen LogP contribution in [-0.4, -0.2) is 38.2 Å². The number of ether oxygens (including phenoxy) is 2. The van der Waals surface area contributed by atoms with Gasteiger partial charge in [0.2, 0.25) is 0 Å². The third-order valence-electron chi connectivity index (χ3n) is 6.44. The number of phenols is 1. The average molecular weight is 345 g/mol. The highest BCUT2D eigenvalue weighted by Crippen LogP contribution is 2.60. The summed E-state index contributed by atoms with van der Waals surface area (Å²) in [6.45, 7) is 4.24. The lowest BCUT2D eigenvalue weighted by Crippen LogP contribution is -2.60. The van der Waals surface area contributed by atoms with Crippen molar-refractivity contribution in [2.24, 2.45) is 5.41 Å². The summed E-state index contributed by atoms with van der Waals surface area (Å²) >= 11 is 0. The number of nitrogens with one attached hydrogen (secondary N) is 1. The van der Waals surface area contributed by atoms with Gasteiger partial charge in [-0.05, 0) is 37.6 Å². The van der Waals surface area contributed by atoms with Crippen molar-refractivity contribution in [3.8, 4) is 11.5 Å². The lowest BCUT2D eigenvalue weighted by Gasteiger charge is -2.57. The first kappa shape index (κ1) is 17.8. The Morgan fingerprint density at radius 2 is 2.04 bits per heavy atom. The standard InChI is InChI=1S/C20H27NO4/c1-6-20-10-13(22)15(25-5)11-19(20,2)16(21-3)9-12-7-8-14(24-4)18(23)17(12)20/h7-8,11,16,21,23H,6,9-10H2,1-5H3/t16-,19+,20-/m0/s1. The summed E-state index contributed by atoms with van der Waals surface area (Å²) in [6, 6.07) is 3.94. The molecule has 2 aliphatic rings. The molecule has 0 spiro atoms. The number of fused-ring (bicyclic) bond motifs is 3. The van der Waals surface area contributed by atoms with E-state index in [2.05, 4.69) is 19.2 Å². The molecule has 0 bridgehead atoms. The second kappa shape index (κ2) is 6.06. The molecule has 0 heterocycles. The zero-order valence-electron chi connectivity index (χ0n) is 15.6. The lowest BCUT2D eigenvalue weighted by molar-refractivity contribution is -0.123. The van der Waals surface area contributed by atoms with Gasteiger partial charge in [-0.25, -0.2) is 0 Å². The van der Waals surface area contributed by atoms with Gasteiger partial charge in [-0.3, -0.25) is 4.79 Å². The molecular weight excluding hydrogens is 318 g/mol. The van der Waals surface area contributed by atoms with Gasteiger partial charge in [-0.2, -0.15) is 0 Å². The van der Waals surface area contributed by atoms with Gasteiger partial charge in [0.15, 0.2) is 23.0 Å². The summed E-state index contributed by atoms with van der Waals surface area (Å²) < 4.78 is 10.7. The molecule has 136 valence electrons. The highest BCUT2D eigenvalue weighted by molar-refractivity contribution is 5.96. The number of carbonyl (C=O) groups is 1. The normalized spacial score (nSPS) is 31.0. The fourth-order valence-corrected chi connectivity index (χ4v) is 5.01. The third-order valence-corrected chi connectivity index (χ3v) is 6.44. The zero-order chi connectivity index (χ0) is 18.4. The SMILES string of the molecule is CC[C@@]12CC(=O)C(OC)=C[C@]1(C)[C@@H](NC)Cc1ccc(OC)c(O)c12. The Hall–Kier alpha value is -2.01. The number of allylic oxidation sites excluding steroid dienone is 1. The van der Waals surface area contributed by atoms with Crippen LogP contribution in [0.2, 0.25) is 0 Å². The number of hydrogen-bond donors (Lipinski definition) is 2. The minimum Gasteiger partial charge on any atom is -0.504 e. The molecule has 2 aliphatic carbocycles. The summed E-state index contributed by atoms with van der Waals surface area (Å²) in [4.78, 5) is 12.7. The molecule has 0 saturated carbocycles. The van der Waals surface area contributed by atoms with Crippen LogP contribution in [0, 0.1) is 5.41 Å². The van der Waals surface area contributed by atoms with Crippen LogP contribution in [0.5, 0.6) is 11.5 Å². The van der Waals surface area contributed by atoms with Crippen molar-refractivity contribution in [3.05, 3.63) is 35.1 Å². The van der Waals surface area contributed by atoms with Gasteiger partial charge >= 0.3 is 0 Å². The Balaban J connectivity index is 2.36. The summed E-state index contributed by atoms with van der Waals surface area (Å²) in [6.07, 6.45) is 3.77. The van der Waals surface area contributed by atoms with Crippen LogP contribution in [0.3, 0.4) is 0 Å². The lowest BCUT2D eigenvalue weighted by atomic mass is 9.48. The number of hydrogen-bond acceptors (Lipinski definition) is 5. The molecule has 3 rings (SSSR count). The predicted octanol–water partition coefficient (Wildman–Crippen LogP) is 2.70. The number of likely N-dealkylation sites (N-methyl/N-ethyl adjacent to an activating group) is 1. The number of Topliss-reactive ketones (excluding diaryl/α,β-unsaturated/α-hetero) is 1. The first-order chi connectivity index (χ1) is 11.9. The van der Waals surface area contributed by atoms with Gasteiger partial charge in [0.1, 0.15) is 0 Å². The molecule has 0 amide bonds. The number of benzene rings is 1. The Morgan fingerprint density at radius 1 is 1.32 bits per heavy atom. The molecule has 2 N–H and O–H groups in total. The van der Waals surface area contributed by atoms with E-state index in [9.17, 15) is 9.90 Å². The van der Waals surface area contributed by atoms with E-state index in [1.165, 1.54) is 7.11 Å². The van der Waals surface area contributed by atoms with E-state index in [-0.39, 0.29) is 23.0 Å². The van der Waals surface area contributed by atoms with E-state index in [1.807, 2.05) is 19.2 Å². The highest BCUT2D eigenvalue weighted by atomic mass is 16.5. The minimum absolute atomic E-state index is 0.0215. The largest absolute Gasteiger partial charge is 0.504 e. The fourth-order valence-electron chi connectivity index (χ4n) is 5.01. The predicted molar refractivity (Wildman–Crippen MR) is 96.0 cm³/mol. The van der Waals surface area contributed by atoms with Crippen LogP contribution in [-0.2, 0) is 21.4 Å². The van der Waals surface area contributed by atoms with Crippen molar-refractivity contribution >= 4 is 5.78 Å². The van der Waals surface area contributed by atoms with Crippen molar-refractivity contribution in [1.82, 2.24) is 5.32 Å². The van der Waals surface area contributed by atoms with Gasteiger partial charge < -0.3 is 19.9 Å². The van der Waals surface area contributed by atoms with Gasteiger partial charge in [0.25, 0.3) is 0 Å². The van der Waals surface area contributed by atoms with Crippen LogP contribution < -0.4 is 10.1 Å². The van der Waals surface area contributed by atoms with E-state index in [4.69, 9.17) is 9.47 Å². The topological polar surface area (TPSA) is 67.8 Å². The number of rotatable bonds is 4. The van der Waals surface area contributed by atoms with Gasteiger partial charge in [-0.15, -0.1) is 0 Å². The van der Waals surface area contributed by atoms with Crippen molar-refractivity contribution in [2.45, 2.75) is 44.6 Å². The fraction of sp³-hybridized carbons (Fsp3) is 0.550. The maximum absolute atomic E-state index is 12.7. The summed E-state index contributed by atoms with van der Waals surface area (Å²) in [5, 5.41) is 14.4. The Labute approximate surface area is 149 Å². The molecule has 0 radical (unpaired) electrons. The van der Waals surface area contributed by atoms with Gasteiger partial charge in [0, 0.05) is 28.9 Å². The van der Waals surface area contributed by atoms with Crippen LogP contribution in [0.4, 0.5) is 0 Å². The average Bonchev–Trinajstić information content (AvgIpc) is 2.61. The quantitative estimate of drug-likeness (QED) is 0.878. The van der Waals surface area contributed by atoms with Crippen LogP contribution in [0.1, 0.15) is 37.8 Å². The molecular formula is C20H27NO4. The second-order valence-corrected chi connectivity index (χ2v) is 7.23. The molecule has 0 unspecified atom stereocenters. The minimum atomic E-state index is -0.508. The van der Waals surface area contributed by atoms with E-state index in [0.717, 1.165) is 24.0 Å². The van der Waals surface area contributed by atoms with Crippen LogP contribution >= 0.6 is 0 Å². The van der Waals surface area contributed by atoms with E-state index < -0.39 is 5.41 Å². The molecule has 0 fully saturated rings. The van der Waals surface area contributed by atoms with Crippen molar-refractivity contribution in [2.75, 3.05) is 21.3 Å². The smallest absolute Gasteiger partial charge is 0.197 e. The molecule has 0 saturated heterocycles. The molecule has 25 heavy (non-hydrogen) atoms. The first-order valence-corrected chi connectivity index (χ1v) is 8.75. The third kappa shape index (κ3) is 2.21. The Kier molecular flexibility index (Phi) is 4.31. The number of phenolic OH excluding ortho intramolecular Hbond substituents is 1. The van der Waals surface area contributed by atoms with Crippen molar-refractivity contribution in [3.63, 3.8) is 0 Å². The number of ketones is 1. The van der Waals surface area contributed by atoms with Gasteiger partial charge in [0.05, 0.1) is 14.2 Å². The van der Waals surface area contributed by atoms with Crippen LogP contribution in [0.15, 0.2) is 24.0 Å². The summed E-state index contributed by atoms with van der Waals surface area (Å²) in [7, 11) is 5.03. The monoisotopic (exact) mass is 345 g/mol. The number of aromatic hydroxyl groups is 1.